The van der Waals surface area contributed by atoms with Gasteiger partial charge in [0.2, 0.25) is 0 Å². The Morgan fingerprint density at radius 2 is 1.70 bits per heavy atom. The molecule has 214 valence electrons. The number of benzene rings is 2. The van der Waals surface area contributed by atoms with Crippen LogP contribution in [-0.4, -0.2) is 33.8 Å². The van der Waals surface area contributed by atoms with Gasteiger partial charge in [-0.3, -0.25) is 4.72 Å². The molecular formula is C24H19F6N3O5S2. The van der Waals surface area contributed by atoms with Gasteiger partial charge >= 0.3 is 6.61 Å². The van der Waals surface area contributed by atoms with Crippen LogP contribution in [0.2, 0.25) is 0 Å². The van der Waals surface area contributed by atoms with Crippen molar-refractivity contribution in [3.05, 3.63) is 71.1 Å². The fourth-order valence-electron chi connectivity index (χ4n) is 4.32. The van der Waals surface area contributed by atoms with E-state index in [2.05, 4.69) is 4.74 Å². The smallest absolute Gasteiger partial charge is 0.387 e. The Balaban J connectivity index is 1.86. The second kappa shape index (κ2) is 10.4. The van der Waals surface area contributed by atoms with E-state index in [-0.39, 0.29) is 28.3 Å². The predicted octanol–water partition coefficient (Wildman–Crippen LogP) is 4.98. The van der Waals surface area contributed by atoms with Crippen molar-refractivity contribution in [2.75, 3.05) is 4.72 Å². The first-order chi connectivity index (χ1) is 18.6. The van der Waals surface area contributed by atoms with E-state index in [1.165, 1.54) is 30.3 Å². The maximum atomic E-state index is 14.5. The average Bonchev–Trinajstić information content (AvgIpc) is 3.27. The fourth-order valence-corrected chi connectivity index (χ4v) is 7.15. The van der Waals surface area contributed by atoms with E-state index in [1.54, 1.807) is 11.6 Å². The van der Waals surface area contributed by atoms with E-state index < -0.39 is 85.7 Å². The first-order valence-corrected chi connectivity index (χ1v) is 14.2. The highest BCUT2D eigenvalue weighted by Crippen LogP contribution is 2.44. The lowest BCUT2D eigenvalue weighted by Gasteiger charge is -2.31. The minimum atomic E-state index is -4.92. The molecule has 1 heterocycles. The van der Waals surface area contributed by atoms with Crippen molar-refractivity contribution >= 4 is 25.7 Å². The molecule has 0 spiro atoms. The largest absolute Gasteiger partial charge is 0.432 e. The number of rotatable bonds is 8. The molecule has 1 aliphatic rings. The third-order valence-corrected chi connectivity index (χ3v) is 9.57. The number of sulfonamides is 1. The van der Waals surface area contributed by atoms with Gasteiger partial charge in [-0.1, -0.05) is 17.7 Å². The summed E-state index contributed by atoms with van der Waals surface area (Å²) in [4.78, 5) is -1.05. The summed E-state index contributed by atoms with van der Waals surface area (Å²) < 4.78 is 141. The second-order valence-electron chi connectivity index (χ2n) is 9.02. The van der Waals surface area contributed by atoms with Gasteiger partial charge in [0.1, 0.15) is 10.3 Å². The van der Waals surface area contributed by atoms with Crippen molar-refractivity contribution in [2.45, 2.75) is 49.0 Å². The maximum absolute atomic E-state index is 14.5. The van der Waals surface area contributed by atoms with Crippen LogP contribution < -0.4 is 9.46 Å². The van der Waals surface area contributed by atoms with Gasteiger partial charge in [-0.15, -0.1) is 0 Å². The van der Waals surface area contributed by atoms with Crippen LogP contribution in [-0.2, 0) is 32.9 Å². The number of hydrogen-bond donors (Lipinski definition) is 1. The molecule has 0 saturated heterocycles. The molecule has 1 N–H and O–H groups in total. The molecule has 0 amide bonds. The number of nitrogens with one attached hydrogen (secondary N) is 1. The van der Waals surface area contributed by atoms with Gasteiger partial charge in [-0.25, -0.2) is 38.4 Å². The molecule has 1 aromatic heterocycles. The molecule has 16 heteroatoms. The topological polar surface area (TPSA) is 118 Å². The Hall–Kier alpha value is -3.71. The zero-order chi connectivity index (χ0) is 29.6. The van der Waals surface area contributed by atoms with Gasteiger partial charge in [0.05, 0.1) is 16.7 Å². The number of nitrogens with zero attached hydrogens (tertiary/aromatic N) is 2. The highest BCUT2D eigenvalue weighted by Gasteiger charge is 2.47. The monoisotopic (exact) mass is 607 g/mol. The lowest BCUT2D eigenvalue weighted by atomic mass is 9.75. The van der Waals surface area contributed by atoms with Crippen LogP contribution in [0.3, 0.4) is 0 Å². The number of alkyl halides is 4. The molecule has 0 unspecified atom stereocenters. The van der Waals surface area contributed by atoms with E-state index in [0.29, 0.717) is 15.7 Å². The number of ether oxygens (including phenoxy) is 1. The number of hydrogen-bond acceptors (Lipinski definition) is 6. The molecule has 0 fully saturated rings. The van der Waals surface area contributed by atoms with E-state index in [9.17, 15) is 48.4 Å². The number of anilines is 1. The lowest BCUT2D eigenvalue weighted by molar-refractivity contribution is -0.0523. The average molecular weight is 608 g/mol. The molecule has 3 aromatic rings. The predicted molar refractivity (Wildman–Crippen MR) is 128 cm³/mol. The molecule has 4 rings (SSSR count). The number of fused-ring (bicyclic) bond motifs is 1. The van der Waals surface area contributed by atoms with E-state index in [0.717, 1.165) is 0 Å². The molecule has 1 aliphatic carbocycles. The van der Waals surface area contributed by atoms with Crippen molar-refractivity contribution in [1.29, 1.82) is 5.26 Å². The summed E-state index contributed by atoms with van der Waals surface area (Å²) >= 11 is 0. The standard InChI is InChI=1S/C24H19F6N3O5S2/c1-13-2-4-14(5-3-13)40(36,37)33-11-21(15-6-7-24(12-31,22(27)28)10-19(15)33)39(34,35)32-18-8-17(26)20(9-16(18)25)38-23(29)30/h2-5,8-9,11,22-23,32H,6-7,10H2,1H3/t24-/m0/s1. The fraction of sp³-hybridized carbons (Fsp3) is 0.292. The van der Waals surface area contributed by atoms with Crippen LogP contribution in [0.5, 0.6) is 5.75 Å². The van der Waals surface area contributed by atoms with Crippen molar-refractivity contribution in [3.63, 3.8) is 0 Å². The summed E-state index contributed by atoms with van der Waals surface area (Å²) in [6.07, 6.45) is -4.35. The van der Waals surface area contributed by atoms with Gasteiger partial charge in [-0.2, -0.15) is 14.0 Å². The maximum Gasteiger partial charge on any atom is 0.387 e. The first kappa shape index (κ1) is 29.3. The Bertz CT molecular complexity index is 1720. The Labute approximate surface area is 224 Å². The van der Waals surface area contributed by atoms with Crippen molar-refractivity contribution in [2.24, 2.45) is 5.41 Å². The lowest BCUT2D eigenvalue weighted by Crippen LogP contribution is -2.36. The van der Waals surface area contributed by atoms with Crippen molar-refractivity contribution < 1.29 is 47.9 Å². The van der Waals surface area contributed by atoms with Crippen LogP contribution in [0.1, 0.15) is 23.2 Å². The zero-order valence-corrected chi connectivity index (χ0v) is 22.0. The number of aromatic nitrogens is 1. The molecule has 0 saturated carbocycles. The molecule has 8 nitrogen and oxygen atoms in total. The van der Waals surface area contributed by atoms with E-state index >= 15 is 0 Å². The highest BCUT2D eigenvalue weighted by atomic mass is 32.2. The molecule has 0 aliphatic heterocycles. The summed E-state index contributed by atoms with van der Waals surface area (Å²) in [5.41, 5.74) is -3.23. The molecule has 40 heavy (non-hydrogen) atoms. The molecule has 0 radical (unpaired) electrons. The number of nitriles is 1. The van der Waals surface area contributed by atoms with Gasteiger partial charge in [0.25, 0.3) is 26.5 Å². The minimum absolute atomic E-state index is 0.186. The van der Waals surface area contributed by atoms with Crippen LogP contribution in [0.15, 0.2) is 52.4 Å². The van der Waals surface area contributed by atoms with Crippen LogP contribution in [0, 0.1) is 35.3 Å². The zero-order valence-electron chi connectivity index (χ0n) is 20.3. The Morgan fingerprint density at radius 1 is 1.05 bits per heavy atom. The number of halogens is 6. The van der Waals surface area contributed by atoms with E-state index in [1.807, 2.05) is 0 Å². The molecular weight excluding hydrogens is 588 g/mol. The first-order valence-electron chi connectivity index (χ1n) is 11.3. The van der Waals surface area contributed by atoms with Gasteiger partial charge in [-0.05, 0) is 37.5 Å². The normalized spacial score (nSPS) is 17.5. The Morgan fingerprint density at radius 3 is 2.27 bits per heavy atom. The van der Waals surface area contributed by atoms with E-state index in [4.69, 9.17) is 0 Å². The third kappa shape index (κ3) is 5.22. The Kier molecular flexibility index (Phi) is 7.58. The number of aryl methyl sites for hydroxylation is 1. The summed E-state index contributed by atoms with van der Waals surface area (Å²) in [6.45, 7) is -1.81. The summed E-state index contributed by atoms with van der Waals surface area (Å²) in [6, 6.07) is 7.31. The van der Waals surface area contributed by atoms with Crippen molar-refractivity contribution in [3.8, 4) is 11.8 Å². The molecule has 2 aromatic carbocycles. The highest BCUT2D eigenvalue weighted by molar-refractivity contribution is 7.93. The SMILES string of the molecule is Cc1ccc(S(=O)(=O)n2cc(S(=O)(=O)Nc3cc(F)c(OC(F)F)cc3F)c3c2C[C@@](C#N)(C(F)F)CC3)cc1. The van der Waals surface area contributed by atoms with Crippen molar-refractivity contribution in [1.82, 2.24) is 3.97 Å². The quantitative estimate of drug-likeness (QED) is 0.361. The molecule has 1 atom stereocenters. The summed E-state index contributed by atoms with van der Waals surface area (Å²) in [7, 11) is -9.50. The summed E-state index contributed by atoms with van der Waals surface area (Å²) in [5.74, 6) is -4.22. The minimum Gasteiger partial charge on any atom is -0.432 e. The summed E-state index contributed by atoms with van der Waals surface area (Å²) in [5, 5.41) is 9.52. The third-order valence-electron chi connectivity index (χ3n) is 6.44. The van der Waals surface area contributed by atoms with Crippen LogP contribution >= 0.6 is 0 Å². The van der Waals surface area contributed by atoms with Gasteiger partial charge < -0.3 is 4.74 Å². The molecule has 0 bridgehead atoms. The van der Waals surface area contributed by atoms with Gasteiger partial charge in [0.15, 0.2) is 17.4 Å². The van der Waals surface area contributed by atoms with Crippen LogP contribution in [0.25, 0.3) is 0 Å². The van der Waals surface area contributed by atoms with Crippen LogP contribution in [0.4, 0.5) is 32.0 Å². The van der Waals surface area contributed by atoms with Gasteiger partial charge in [0, 0.05) is 30.4 Å². The second-order valence-corrected chi connectivity index (χ2v) is 12.5.